The molecule has 0 aliphatic carbocycles. The van der Waals surface area contributed by atoms with Crippen molar-refractivity contribution in [2.75, 3.05) is 19.5 Å². The maximum atomic E-state index is 6.02. The summed E-state index contributed by atoms with van der Waals surface area (Å²) in [4.78, 5) is 1.15. The smallest absolute Gasteiger partial charge is 0.0556 e. The lowest BCUT2D eigenvalue weighted by Crippen LogP contribution is -2.00. The van der Waals surface area contributed by atoms with Crippen molar-refractivity contribution in [3.8, 4) is 0 Å². The molecule has 0 atom stereocenters. The Bertz CT molecular complexity index is 293. The number of thioether (sulfide) groups is 1. The van der Waals surface area contributed by atoms with Crippen LogP contribution in [0.5, 0.6) is 0 Å². The van der Waals surface area contributed by atoms with E-state index in [4.69, 9.17) is 22.1 Å². The first kappa shape index (κ1) is 11.9. The topological polar surface area (TPSA) is 35.2 Å². The van der Waals surface area contributed by atoms with Gasteiger partial charge in [0.1, 0.15) is 0 Å². The van der Waals surface area contributed by atoms with E-state index in [1.54, 1.807) is 18.9 Å². The Morgan fingerprint density at radius 3 is 2.93 bits per heavy atom. The molecule has 0 bridgehead atoms. The predicted octanol–water partition coefficient (Wildman–Crippen LogP) is 2.54. The maximum absolute atomic E-state index is 6.02. The Labute approximate surface area is 93.8 Å². The monoisotopic (exact) mass is 231 g/mol. The van der Waals surface area contributed by atoms with E-state index in [1.807, 2.05) is 18.2 Å². The second kappa shape index (κ2) is 6.30. The van der Waals surface area contributed by atoms with Crippen molar-refractivity contribution in [3.05, 3.63) is 28.8 Å². The fraction of sp³-hybridized carbons (Fsp3) is 0.400. The fourth-order valence-corrected chi connectivity index (χ4v) is 2.43. The second-order valence-corrected chi connectivity index (χ2v) is 4.31. The van der Waals surface area contributed by atoms with Crippen LogP contribution in [0, 0.1) is 0 Å². The summed E-state index contributed by atoms with van der Waals surface area (Å²) in [6.07, 6.45) is 0. The first-order chi connectivity index (χ1) is 6.79. The third kappa shape index (κ3) is 3.17. The van der Waals surface area contributed by atoms with Crippen LogP contribution in [0.4, 0.5) is 0 Å². The van der Waals surface area contributed by atoms with Crippen molar-refractivity contribution in [1.82, 2.24) is 0 Å². The van der Waals surface area contributed by atoms with Crippen LogP contribution in [0.2, 0.25) is 5.02 Å². The zero-order valence-electron chi connectivity index (χ0n) is 8.13. The summed E-state index contributed by atoms with van der Waals surface area (Å²) in [6, 6.07) is 5.84. The van der Waals surface area contributed by atoms with E-state index in [2.05, 4.69) is 0 Å². The minimum absolute atomic E-state index is 0.481. The first-order valence-electron chi connectivity index (χ1n) is 4.38. The number of hydrogen-bond donors (Lipinski definition) is 1. The van der Waals surface area contributed by atoms with Crippen LogP contribution in [-0.4, -0.2) is 19.5 Å². The lowest BCUT2D eigenvalue weighted by atomic mass is 10.2. The average molecular weight is 232 g/mol. The lowest BCUT2D eigenvalue weighted by Gasteiger charge is -2.08. The fourth-order valence-electron chi connectivity index (χ4n) is 1.11. The molecule has 0 saturated heterocycles. The third-order valence-electron chi connectivity index (χ3n) is 1.83. The zero-order chi connectivity index (χ0) is 10.4. The average Bonchev–Trinajstić information content (AvgIpc) is 2.18. The molecule has 78 valence electrons. The molecule has 0 aromatic heterocycles. The first-order valence-corrected chi connectivity index (χ1v) is 5.75. The summed E-state index contributed by atoms with van der Waals surface area (Å²) in [5.41, 5.74) is 6.65. The van der Waals surface area contributed by atoms with Crippen molar-refractivity contribution in [3.63, 3.8) is 0 Å². The standard InChI is InChI=1S/C10H14ClNOS/c1-13-5-6-14-10-4-2-3-9(11)8(10)7-12/h2-4H,5-7,12H2,1H3. The molecular formula is C10H14ClNOS. The molecule has 0 radical (unpaired) electrons. The quantitative estimate of drug-likeness (QED) is 0.625. The Morgan fingerprint density at radius 2 is 2.29 bits per heavy atom. The Balaban J connectivity index is 2.70. The highest BCUT2D eigenvalue weighted by Gasteiger charge is 2.04. The van der Waals surface area contributed by atoms with Crippen LogP contribution < -0.4 is 5.73 Å². The number of nitrogens with two attached hydrogens (primary N) is 1. The summed E-state index contributed by atoms with van der Waals surface area (Å²) in [5.74, 6) is 0.920. The van der Waals surface area contributed by atoms with Crippen LogP contribution >= 0.6 is 23.4 Å². The Morgan fingerprint density at radius 1 is 1.50 bits per heavy atom. The molecule has 2 N–H and O–H groups in total. The molecule has 0 fully saturated rings. The highest BCUT2D eigenvalue weighted by Crippen LogP contribution is 2.27. The van der Waals surface area contributed by atoms with Gasteiger partial charge in [0.15, 0.2) is 0 Å². The lowest BCUT2D eigenvalue weighted by molar-refractivity contribution is 0.218. The number of hydrogen-bond acceptors (Lipinski definition) is 3. The molecule has 0 amide bonds. The summed E-state index contributed by atoms with van der Waals surface area (Å²) < 4.78 is 4.98. The SMILES string of the molecule is COCCSc1cccc(Cl)c1CN. The molecule has 4 heteroatoms. The van der Waals surface area contributed by atoms with Gasteiger partial charge in [-0.15, -0.1) is 11.8 Å². The molecule has 1 aromatic rings. The van der Waals surface area contributed by atoms with E-state index in [1.165, 1.54) is 0 Å². The van der Waals surface area contributed by atoms with Crippen LogP contribution in [-0.2, 0) is 11.3 Å². The van der Waals surface area contributed by atoms with Crippen molar-refractivity contribution in [1.29, 1.82) is 0 Å². The second-order valence-electron chi connectivity index (χ2n) is 2.76. The van der Waals surface area contributed by atoms with E-state index in [9.17, 15) is 0 Å². The van der Waals surface area contributed by atoms with Gasteiger partial charge in [0, 0.05) is 29.3 Å². The van der Waals surface area contributed by atoms with Gasteiger partial charge in [-0.1, -0.05) is 17.7 Å². The third-order valence-corrected chi connectivity index (χ3v) is 3.24. The van der Waals surface area contributed by atoms with Gasteiger partial charge in [-0.3, -0.25) is 0 Å². The molecule has 0 heterocycles. The molecule has 0 aliphatic rings. The van der Waals surface area contributed by atoms with Gasteiger partial charge in [-0.2, -0.15) is 0 Å². The minimum atomic E-state index is 0.481. The number of ether oxygens (including phenoxy) is 1. The number of methoxy groups -OCH3 is 1. The summed E-state index contributed by atoms with van der Waals surface area (Å²) in [5, 5.41) is 0.745. The van der Waals surface area contributed by atoms with Gasteiger partial charge in [0.05, 0.1) is 6.61 Å². The van der Waals surface area contributed by atoms with Crippen molar-refractivity contribution in [2.45, 2.75) is 11.4 Å². The molecule has 14 heavy (non-hydrogen) atoms. The molecule has 2 nitrogen and oxygen atoms in total. The van der Waals surface area contributed by atoms with Gasteiger partial charge in [0.2, 0.25) is 0 Å². The van der Waals surface area contributed by atoms with Crippen LogP contribution in [0.25, 0.3) is 0 Å². The van der Waals surface area contributed by atoms with E-state index in [0.29, 0.717) is 6.54 Å². The zero-order valence-corrected chi connectivity index (χ0v) is 9.70. The number of halogens is 1. The number of rotatable bonds is 5. The molecule has 1 aromatic carbocycles. The van der Waals surface area contributed by atoms with Crippen LogP contribution in [0.15, 0.2) is 23.1 Å². The van der Waals surface area contributed by atoms with Crippen LogP contribution in [0.3, 0.4) is 0 Å². The Kier molecular flexibility index (Phi) is 5.33. The van der Waals surface area contributed by atoms with E-state index >= 15 is 0 Å². The minimum Gasteiger partial charge on any atom is -0.384 e. The molecule has 0 spiro atoms. The molecule has 0 aliphatic heterocycles. The van der Waals surface area contributed by atoms with Gasteiger partial charge in [-0.05, 0) is 17.7 Å². The van der Waals surface area contributed by atoms with Crippen molar-refractivity contribution >= 4 is 23.4 Å². The van der Waals surface area contributed by atoms with Crippen molar-refractivity contribution < 1.29 is 4.74 Å². The van der Waals surface area contributed by atoms with E-state index in [-0.39, 0.29) is 0 Å². The van der Waals surface area contributed by atoms with Gasteiger partial charge in [0.25, 0.3) is 0 Å². The highest BCUT2D eigenvalue weighted by molar-refractivity contribution is 7.99. The number of benzene rings is 1. The van der Waals surface area contributed by atoms with Crippen molar-refractivity contribution in [2.24, 2.45) is 5.73 Å². The molecule has 1 rings (SSSR count). The molecule has 0 unspecified atom stereocenters. The van der Waals surface area contributed by atoms with Gasteiger partial charge < -0.3 is 10.5 Å². The van der Waals surface area contributed by atoms with E-state index < -0.39 is 0 Å². The largest absolute Gasteiger partial charge is 0.384 e. The molecular weight excluding hydrogens is 218 g/mol. The van der Waals surface area contributed by atoms with Gasteiger partial charge >= 0.3 is 0 Å². The summed E-state index contributed by atoms with van der Waals surface area (Å²) in [7, 11) is 1.70. The summed E-state index contributed by atoms with van der Waals surface area (Å²) >= 11 is 7.74. The maximum Gasteiger partial charge on any atom is 0.0556 e. The highest BCUT2D eigenvalue weighted by atomic mass is 35.5. The van der Waals surface area contributed by atoms with E-state index in [0.717, 1.165) is 27.8 Å². The summed E-state index contributed by atoms with van der Waals surface area (Å²) in [6.45, 7) is 1.22. The van der Waals surface area contributed by atoms with Gasteiger partial charge in [-0.25, -0.2) is 0 Å². The Hall–Kier alpha value is -0.220. The normalized spacial score (nSPS) is 10.5. The van der Waals surface area contributed by atoms with Crippen LogP contribution in [0.1, 0.15) is 5.56 Å². The molecule has 0 saturated carbocycles. The predicted molar refractivity (Wildman–Crippen MR) is 61.9 cm³/mol.